The van der Waals surface area contributed by atoms with Crippen LogP contribution >= 0.6 is 0 Å². The second-order valence-electron chi connectivity index (χ2n) is 3.51. The molecule has 16 heavy (non-hydrogen) atoms. The second kappa shape index (κ2) is 5.82. The molecule has 1 amide bonds. The van der Waals surface area contributed by atoms with E-state index in [1.165, 1.54) is 0 Å². The third-order valence-corrected chi connectivity index (χ3v) is 2.15. The molecule has 1 unspecified atom stereocenters. The zero-order valence-corrected chi connectivity index (χ0v) is 9.49. The molecule has 0 aliphatic carbocycles. The number of methoxy groups -OCH3 is 1. The molecule has 0 aromatic heterocycles. The predicted molar refractivity (Wildman–Crippen MR) is 63.4 cm³/mol. The highest BCUT2D eigenvalue weighted by Gasteiger charge is 2.08. The van der Waals surface area contributed by atoms with Crippen molar-refractivity contribution in [2.45, 2.75) is 19.4 Å². The fourth-order valence-electron chi connectivity index (χ4n) is 1.28. The van der Waals surface area contributed by atoms with E-state index in [1.807, 2.05) is 6.92 Å². The molecule has 0 saturated heterocycles. The van der Waals surface area contributed by atoms with E-state index in [1.54, 1.807) is 31.4 Å². The molecule has 1 aromatic carbocycles. The molecule has 0 aliphatic heterocycles. The Hall–Kier alpha value is -1.95. The lowest BCUT2D eigenvalue weighted by Crippen LogP contribution is -2.32. The highest BCUT2D eigenvalue weighted by Crippen LogP contribution is 2.11. The number of rotatable bonds is 4. The van der Waals surface area contributed by atoms with Crippen LogP contribution in [0, 0.1) is 12.3 Å². The summed E-state index contributed by atoms with van der Waals surface area (Å²) in [6, 6.07) is 6.93. The van der Waals surface area contributed by atoms with Gasteiger partial charge in [0.1, 0.15) is 5.75 Å². The van der Waals surface area contributed by atoms with Crippen molar-refractivity contribution in [3.63, 3.8) is 0 Å². The second-order valence-corrected chi connectivity index (χ2v) is 3.51. The Bertz CT molecular complexity index is 389. The zero-order valence-electron chi connectivity index (χ0n) is 9.49. The molecular formula is C13H15NO2. The molecule has 0 bridgehead atoms. The SMILES string of the molecule is C#CCC(C)NC(=O)c1ccc(OC)cc1. The monoisotopic (exact) mass is 217 g/mol. The van der Waals surface area contributed by atoms with Gasteiger partial charge in [-0.25, -0.2) is 0 Å². The Kier molecular flexibility index (Phi) is 4.41. The summed E-state index contributed by atoms with van der Waals surface area (Å²) >= 11 is 0. The van der Waals surface area contributed by atoms with Gasteiger partial charge in [0.05, 0.1) is 7.11 Å². The van der Waals surface area contributed by atoms with Crippen LogP contribution < -0.4 is 10.1 Å². The van der Waals surface area contributed by atoms with Gasteiger partial charge in [-0.15, -0.1) is 12.3 Å². The van der Waals surface area contributed by atoms with Crippen molar-refractivity contribution >= 4 is 5.91 Å². The van der Waals surface area contributed by atoms with E-state index >= 15 is 0 Å². The van der Waals surface area contributed by atoms with Crippen molar-refractivity contribution in [1.82, 2.24) is 5.32 Å². The summed E-state index contributed by atoms with van der Waals surface area (Å²) in [5.74, 6) is 3.12. The molecule has 0 aliphatic rings. The lowest BCUT2D eigenvalue weighted by molar-refractivity contribution is 0.0941. The number of hydrogen-bond donors (Lipinski definition) is 1. The van der Waals surface area contributed by atoms with Gasteiger partial charge < -0.3 is 10.1 Å². The maximum atomic E-state index is 11.7. The van der Waals surface area contributed by atoms with Crippen LogP contribution in [0.4, 0.5) is 0 Å². The number of hydrogen-bond acceptors (Lipinski definition) is 2. The first-order valence-corrected chi connectivity index (χ1v) is 5.05. The van der Waals surface area contributed by atoms with Gasteiger partial charge in [0.15, 0.2) is 0 Å². The number of carbonyl (C=O) groups is 1. The third kappa shape index (κ3) is 3.32. The van der Waals surface area contributed by atoms with Crippen LogP contribution in [0.25, 0.3) is 0 Å². The lowest BCUT2D eigenvalue weighted by atomic mass is 10.1. The Morgan fingerprint density at radius 3 is 2.62 bits per heavy atom. The summed E-state index contributed by atoms with van der Waals surface area (Å²) < 4.78 is 5.01. The molecule has 0 radical (unpaired) electrons. The maximum absolute atomic E-state index is 11.7. The van der Waals surface area contributed by atoms with Gasteiger partial charge in [0, 0.05) is 18.0 Å². The molecule has 1 rings (SSSR count). The van der Waals surface area contributed by atoms with Crippen LogP contribution in [0.5, 0.6) is 5.75 Å². The van der Waals surface area contributed by atoms with Gasteiger partial charge in [0.25, 0.3) is 5.91 Å². The fraction of sp³-hybridized carbons (Fsp3) is 0.308. The molecule has 3 nitrogen and oxygen atoms in total. The van der Waals surface area contributed by atoms with Crippen molar-refractivity contribution in [3.8, 4) is 18.1 Å². The quantitative estimate of drug-likeness (QED) is 0.781. The zero-order chi connectivity index (χ0) is 12.0. The minimum absolute atomic E-state index is 0.0143. The normalized spacial score (nSPS) is 11.3. The van der Waals surface area contributed by atoms with Gasteiger partial charge in [0.2, 0.25) is 0 Å². The smallest absolute Gasteiger partial charge is 0.251 e. The summed E-state index contributed by atoms with van der Waals surface area (Å²) in [7, 11) is 1.59. The van der Waals surface area contributed by atoms with Crippen molar-refractivity contribution in [2.75, 3.05) is 7.11 Å². The molecule has 1 N–H and O–H groups in total. The summed E-state index contributed by atoms with van der Waals surface area (Å²) in [5.41, 5.74) is 0.602. The minimum atomic E-state index is -0.120. The van der Waals surface area contributed by atoms with Crippen LogP contribution in [0.15, 0.2) is 24.3 Å². The number of carbonyl (C=O) groups excluding carboxylic acids is 1. The molecule has 1 atom stereocenters. The lowest BCUT2D eigenvalue weighted by Gasteiger charge is -2.10. The van der Waals surface area contributed by atoms with E-state index in [0.717, 1.165) is 5.75 Å². The topological polar surface area (TPSA) is 38.3 Å². The Balaban J connectivity index is 2.63. The van der Waals surface area contributed by atoms with E-state index in [9.17, 15) is 4.79 Å². The van der Waals surface area contributed by atoms with E-state index in [-0.39, 0.29) is 11.9 Å². The van der Waals surface area contributed by atoms with Crippen molar-refractivity contribution in [2.24, 2.45) is 0 Å². The first kappa shape index (κ1) is 12.1. The summed E-state index contributed by atoms with van der Waals surface area (Å²) in [4.78, 5) is 11.7. The number of ether oxygens (including phenoxy) is 1. The minimum Gasteiger partial charge on any atom is -0.497 e. The Labute approximate surface area is 95.8 Å². The fourth-order valence-corrected chi connectivity index (χ4v) is 1.28. The molecule has 3 heteroatoms. The molecule has 0 fully saturated rings. The van der Waals surface area contributed by atoms with E-state index in [2.05, 4.69) is 11.2 Å². The Morgan fingerprint density at radius 1 is 1.50 bits per heavy atom. The number of amides is 1. The third-order valence-electron chi connectivity index (χ3n) is 2.15. The number of nitrogens with one attached hydrogen (secondary N) is 1. The van der Waals surface area contributed by atoms with Crippen LogP contribution in [0.1, 0.15) is 23.7 Å². The molecular weight excluding hydrogens is 202 g/mol. The van der Waals surface area contributed by atoms with Crippen LogP contribution in [0.3, 0.4) is 0 Å². The average Bonchev–Trinajstić information content (AvgIpc) is 2.29. The van der Waals surface area contributed by atoms with Crippen molar-refractivity contribution < 1.29 is 9.53 Å². The maximum Gasteiger partial charge on any atom is 0.251 e. The average molecular weight is 217 g/mol. The van der Waals surface area contributed by atoms with Gasteiger partial charge >= 0.3 is 0 Å². The van der Waals surface area contributed by atoms with Crippen molar-refractivity contribution in [3.05, 3.63) is 29.8 Å². The largest absolute Gasteiger partial charge is 0.497 e. The summed E-state index contributed by atoms with van der Waals surface area (Å²) in [6.45, 7) is 1.88. The molecule has 84 valence electrons. The van der Waals surface area contributed by atoms with E-state index in [4.69, 9.17) is 11.2 Å². The summed E-state index contributed by atoms with van der Waals surface area (Å²) in [6.07, 6.45) is 5.69. The molecule has 0 spiro atoms. The molecule has 0 saturated carbocycles. The summed E-state index contributed by atoms with van der Waals surface area (Å²) in [5, 5.41) is 2.81. The number of benzene rings is 1. The van der Waals surface area contributed by atoms with E-state index < -0.39 is 0 Å². The number of terminal acetylenes is 1. The molecule has 0 heterocycles. The van der Waals surface area contributed by atoms with Gasteiger partial charge in [-0.2, -0.15) is 0 Å². The highest BCUT2D eigenvalue weighted by molar-refractivity contribution is 5.94. The van der Waals surface area contributed by atoms with Gasteiger partial charge in [-0.3, -0.25) is 4.79 Å². The van der Waals surface area contributed by atoms with Gasteiger partial charge in [-0.05, 0) is 31.2 Å². The standard InChI is InChI=1S/C13H15NO2/c1-4-5-10(2)14-13(15)11-6-8-12(16-3)9-7-11/h1,6-10H,5H2,2-3H3,(H,14,15). The van der Waals surface area contributed by atoms with Gasteiger partial charge in [-0.1, -0.05) is 0 Å². The highest BCUT2D eigenvalue weighted by atomic mass is 16.5. The predicted octanol–water partition coefficient (Wildman–Crippen LogP) is 1.84. The van der Waals surface area contributed by atoms with Crippen LogP contribution in [0.2, 0.25) is 0 Å². The van der Waals surface area contributed by atoms with Crippen LogP contribution in [-0.2, 0) is 0 Å². The first-order chi connectivity index (χ1) is 7.67. The van der Waals surface area contributed by atoms with Crippen LogP contribution in [-0.4, -0.2) is 19.1 Å². The Morgan fingerprint density at radius 2 is 2.12 bits per heavy atom. The van der Waals surface area contributed by atoms with E-state index in [0.29, 0.717) is 12.0 Å². The molecule has 1 aromatic rings. The van der Waals surface area contributed by atoms with Crippen molar-refractivity contribution in [1.29, 1.82) is 0 Å². The first-order valence-electron chi connectivity index (χ1n) is 5.05.